The van der Waals surface area contributed by atoms with Gasteiger partial charge in [0.25, 0.3) is 5.56 Å². The topological polar surface area (TPSA) is 323 Å². The number of nitrogens with zero attached hydrogens (tertiary/aromatic N) is 13. The molecule has 26 nitrogen and oxygen atoms in total. The summed E-state index contributed by atoms with van der Waals surface area (Å²) in [5.41, 5.74) is 14.0. The van der Waals surface area contributed by atoms with E-state index in [4.69, 9.17) is 0 Å². The average Bonchev–Trinajstić information content (AvgIpc) is 2.14. The van der Waals surface area contributed by atoms with Crippen LogP contribution in [-0.4, -0.2) is 116 Å². The van der Waals surface area contributed by atoms with Crippen LogP contribution in [0.2, 0.25) is 0 Å². The maximum atomic E-state index is 13.1. The molecule has 0 saturated heterocycles. The Kier molecular flexibility index (Phi) is 16.5. The van der Waals surface area contributed by atoms with Crippen LogP contribution in [0.4, 0.5) is 32.2 Å². The van der Waals surface area contributed by atoms with Crippen LogP contribution in [0.25, 0.3) is 94.9 Å². The first-order valence-corrected chi connectivity index (χ1v) is 29.7. The van der Waals surface area contributed by atoms with Crippen LogP contribution in [-0.2, 0) is 0 Å². The fourth-order valence-electron chi connectivity index (χ4n) is 10.5. The Labute approximate surface area is 523 Å². The Bertz CT molecular complexity index is 4940. The first-order valence-electron chi connectivity index (χ1n) is 29.7. The Hall–Kier alpha value is -12.6. The number of imidazole rings is 4. The second kappa shape index (κ2) is 26.0. The molecule has 0 radical (unpaired) electrons. The van der Waals surface area contributed by atoms with Crippen LogP contribution in [0.1, 0.15) is 45.2 Å². The molecule has 6 amide bonds. The summed E-state index contributed by atoms with van der Waals surface area (Å²) in [5, 5.41) is 25.2. The summed E-state index contributed by atoms with van der Waals surface area (Å²) in [6.07, 6.45) is 23.6. The number of fused-ring (bicyclic) bond motifs is 4. The summed E-state index contributed by atoms with van der Waals surface area (Å²) in [6.45, 7) is 6.73. The summed E-state index contributed by atoms with van der Waals surface area (Å²) in [6, 6.07) is 38.0. The molecule has 4 aromatic carbocycles. The number of amides is 6. The Morgan fingerprint density at radius 1 is 0.543 bits per heavy atom. The first-order chi connectivity index (χ1) is 45.0. The lowest BCUT2D eigenvalue weighted by atomic mass is 10.0. The van der Waals surface area contributed by atoms with Crippen molar-refractivity contribution in [2.24, 2.45) is 0 Å². The molecular weight excluding hydrogens is 1160 g/mol. The van der Waals surface area contributed by atoms with Gasteiger partial charge in [0, 0.05) is 116 Å². The highest BCUT2D eigenvalue weighted by Crippen LogP contribution is 2.35. The second-order valence-corrected chi connectivity index (χ2v) is 21.4. The van der Waals surface area contributed by atoms with E-state index in [0.717, 1.165) is 91.0 Å². The first kappa shape index (κ1) is 58.4. The molecule has 0 bridgehead atoms. The monoisotopic (exact) mass is 1220 g/mol. The van der Waals surface area contributed by atoms with Crippen LogP contribution < -0.4 is 37.5 Å². The lowest BCUT2D eigenvalue weighted by molar-refractivity contribution is 0.251. The molecule has 1 unspecified atom stereocenters. The van der Waals surface area contributed by atoms with Crippen molar-refractivity contribution < 1.29 is 14.4 Å². The zero-order valence-corrected chi connectivity index (χ0v) is 49.9. The van der Waals surface area contributed by atoms with Gasteiger partial charge in [-0.15, -0.1) is 0 Å². The Morgan fingerprint density at radius 3 is 1.61 bits per heavy atom. The molecule has 10 aromatic heterocycles. The lowest BCUT2D eigenvalue weighted by Crippen LogP contribution is -2.30. The van der Waals surface area contributed by atoms with E-state index in [1.807, 2.05) is 178 Å². The molecule has 26 heteroatoms. The number of aromatic amines is 3. The number of pyridine rings is 3. The van der Waals surface area contributed by atoms with Gasteiger partial charge in [0.05, 0.1) is 39.7 Å². The fourth-order valence-corrected chi connectivity index (χ4v) is 10.5. The van der Waals surface area contributed by atoms with Gasteiger partial charge in [-0.3, -0.25) is 35.1 Å². The molecule has 458 valence electrons. The van der Waals surface area contributed by atoms with Crippen molar-refractivity contribution in [3.63, 3.8) is 0 Å². The van der Waals surface area contributed by atoms with Crippen molar-refractivity contribution in [1.29, 1.82) is 0 Å². The van der Waals surface area contributed by atoms with E-state index < -0.39 is 0 Å². The summed E-state index contributed by atoms with van der Waals surface area (Å²) >= 11 is 0. The molecule has 10 heterocycles. The van der Waals surface area contributed by atoms with Gasteiger partial charge in [0.2, 0.25) is 23.6 Å². The molecule has 1 saturated carbocycles. The van der Waals surface area contributed by atoms with Gasteiger partial charge < -0.3 is 35.5 Å². The number of benzene rings is 4. The van der Waals surface area contributed by atoms with Crippen LogP contribution in [0, 0.1) is 0 Å². The van der Waals surface area contributed by atoms with Crippen molar-refractivity contribution in [2.45, 2.75) is 45.7 Å². The number of hydrogen-bond donors (Lipinski definition) is 9. The smallest absolute Gasteiger partial charge is 0.321 e. The van der Waals surface area contributed by atoms with Gasteiger partial charge in [-0.05, 0) is 134 Å². The van der Waals surface area contributed by atoms with Crippen LogP contribution in [0.15, 0.2) is 200 Å². The zero-order chi connectivity index (χ0) is 63.1. The average molecular weight is 1230 g/mol. The number of aromatic nitrogens is 16. The number of carbonyl (C=O) groups excluding carboxylic acids is 3. The quantitative estimate of drug-likeness (QED) is 0.0490. The van der Waals surface area contributed by atoms with E-state index in [1.165, 1.54) is 0 Å². The number of rotatable bonds is 14. The number of H-pyrrole nitrogens is 3. The number of urea groups is 3. The third-order valence-electron chi connectivity index (χ3n) is 15.0. The van der Waals surface area contributed by atoms with Crippen LogP contribution in [0.3, 0.4) is 0 Å². The molecular formula is C66H60N22O4. The Morgan fingerprint density at radius 2 is 1.09 bits per heavy atom. The molecule has 92 heavy (non-hydrogen) atoms. The van der Waals surface area contributed by atoms with Crippen molar-refractivity contribution in [2.75, 3.05) is 29.0 Å². The van der Waals surface area contributed by atoms with Crippen LogP contribution >= 0.6 is 0 Å². The highest BCUT2D eigenvalue weighted by atomic mass is 16.2. The van der Waals surface area contributed by atoms with Gasteiger partial charge in [0.15, 0.2) is 0 Å². The van der Waals surface area contributed by atoms with E-state index in [0.29, 0.717) is 53.3 Å². The minimum absolute atomic E-state index is 0.0876. The summed E-state index contributed by atoms with van der Waals surface area (Å²) in [5.74, 6) is 1.69. The van der Waals surface area contributed by atoms with Gasteiger partial charge in [-0.1, -0.05) is 42.5 Å². The molecule has 1 aliphatic rings. The standard InChI is InChI=1S/C26H25N7O2.C21H18N8O.C19H17N7O/c1-3-27-26(35)31-25-29-21-14-20(15-22(24(21)30-25)33-12-7-11-28-33)19-10-13-32(23(34)16-19)17(2)18-8-5-4-6-9-18;1-2-23-21(30)28-19-25-16-10-14(13-5-3-6-22-11-13)9-15(18(16)27-19)17-12-29-8-4-7-24-20(29)26-17;27-19(22-14-4-5-14)25-18-23-15-9-13(12-3-1-6-20-11-12)10-16(17(15)24-18)26-8-2-7-21-26/h4-17H,3H2,1-2H3,(H3,27,29,30,31,35);3-12H,2H2,1H3,(H3,23,25,27,28,30);1-3,6-11,14H,4-5H2,(H3,22,23,24,25,27). The number of hydrogen-bond acceptors (Lipinski definition) is 13. The van der Waals surface area contributed by atoms with E-state index >= 15 is 0 Å². The molecule has 0 spiro atoms. The predicted molar refractivity (Wildman–Crippen MR) is 351 cm³/mol. The number of nitrogens with one attached hydrogen (secondary N) is 9. The lowest BCUT2D eigenvalue weighted by Gasteiger charge is -2.16. The largest absolute Gasteiger partial charge is 0.338 e. The van der Waals surface area contributed by atoms with E-state index in [9.17, 15) is 19.2 Å². The second-order valence-electron chi connectivity index (χ2n) is 21.4. The van der Waals surface area contributed by atoms with Gasteiger partial charge in [-0.2, -0.15) is 10.2 Å². The fraction of sp³-hybridized carbons (Fsp3) is 0.136. The molecule has 14 aromatic rings. The third-order valence-corrected chi connectivity index (χ3v) is 15.0. The van der Waals surface area contributed by atoms with Crippen molar-refractivity contribution in [3.05, 3.63) is 212 Å². The normalized spacial score (nSPS) is 12.2. The SMILES string of the molecule is CCNC(=O)Nc1nc2c(-c3cn4cccnc4n3)cc(-c3cccnc3)cc2[nH]1.CCNC(=O)Nc1nc2c(-n3cccn3)cc(-c3ccn(C(C)c4ccccc4)c(=O)c3)cc2[nH]1.O=C(Nc1nc2c(-n3cccn3)cc(-c3cccnc3)cc2[nH]1)NC1CC1. The number of carbonyl (C=O) groups is 3. The minimum Gasteiger partial charge on any atom is -0.338 e. The Balaban J connectivity index is 0.000000127. The highest BCUT2D eigenvalue weighted by Gasteiger charge is 2.24. The van der Waals surface area contributed by atoms with Crippen LogP contribution in [0.5, 0.6) is 0 Å². The molecule has 1 aliphatic carbocycles. The molecule has 9 N–H and O–H groups in total. The zero-order valence-electron chi connectivity index (χ0n) is 49.9. The van der Waals surface area contributed by atoms with Gasteiger partial charge in [0.1, 0.15) is 16.6 Å². The molecule has 15 rings (SSSR count). The maximum Gasteiger partial charge on any atom is 0.321 e. The maximum absolute atomic E-state index is 13.1. The third kappa shape index (κ3) is 13.0. The summed E-state index contributed by atoms with van der Waals surface area (Å²) in [7, 11) is 0. The summed E-state index contributed by atoms with van der Waals surface area (Å²) in [4.78, 5) is 89.6. The van der Waals surface area contributed by atoms with Crippen molar-refractivity contribution in [3.8, 4) is 56.0 Å². The highest BCUT2D eigenvalue weighted by molar-refractivity contribution is 5.99. The number of anilines is 3. The molecule has 1 fully saturated rings. The van der Waals surface area contributed by atoms with Gasteiger partial charge in [-0.25, -0.2) is 48.7 Å². The molecule has 1 atom stereocenters. The van der Waals surface area contributed by atoms with Gasteiger partial charge >= 0.3 is 18.1 Å². The summed E-state index contributed by atoms with van der Waals surface area (Å²) < 4.78 is 7.05. The van der Waals surface area contributed by atoms with E-state index in [1.54, 1.807) is 57.2 Å². The van der Waals surface area contributed by atoms with E-state index in [-0.39, 0.29) is 35.7 Å². The van der Waals surface area contributed by atoms with Crippen molar-refractivity contribution >= 4 is 74.8 Å². The van der Waals surface area contributed by atoms with E-state index in [2.05, 4.69) is 91.9 Å². The predicted octanol–water partition coefficient (Wildman–Crippen LogP) is 10.9. The minimum atomic E-state index is -0.344. The van der Waals surface area contributed by atoms with Crippen molar-refractivity contribution in [1.82, 2.24) is 94.3 Å². The molecule has 0 aliphatic heterocycles.